The number of rotatable bonds is 5. The third-order valence-electron chi connectivity index (χ3n) is 3.36. The second-order valence-corrected chi connectivity index (χ2v) is 6.57. The number of pyridine rings is 1. The lowest BCUT2D eigenvalue weighted by atomic mass is 10.0. The Hall–Kier alpha value is -1.30. The van der Waals surface area contributed by atoms with Crippen LogP contribution in [0.15, 0.2) is 46.5 Å². The minimum atomic E-state index is 0.0930. The zero-order valence-electron chi connectivity index (χ0n) is 11.7. The van der Waals surface area contributed by atoms with Crippen molar-refractivity contribution in [2.24, 2.45) is 0 Å². The normalized spacial score (nSPS) is 12.7. The summed E-state index contributed by atoms with van der Waals surface area (Å²) in [6, 6.07) is 8.38. The molecule has 108 valence electrons. The zero-order chi connectivity index (χ0) is 14.7. The van der Waals surface area contributed by atoms with E-state index >= 15 is 0 Å². The molecular formula is C16H16BrN3S. The Morgan fingerprint density at radius 2 is 2.14 bits per heavy atom. The molecule has 3 rings (SSSR count). The van der Waals surface area contributed by atoms with E-state index in [2.05, 4.69) is 56.3 Å². The quantitative estimate of drug-likeness (QED) is 0.724. The highest BCUT2D eigenvalue weighted by molar-refractivity contribution is 9.10. The SMILES string of the molecule is CCCNC(c1nccs1)c1ccc(Br)c2cccnc12. The fourth-order valence-corrected chi connectivity index (χ4v) is 3.57. The van der Waals surface area contributed by atoms with Gasteiger partial charge in [0.1, 0.15) is 5.01 Å². The molecule has 0 aliphatic rings. The molecule has 3 nitrogen and oxygen atoms in total. The van der Waals surface area contributed by atoms with Gasteiger partial charge < -0.3 is 5.32 Å². The molecule has 0 aliphatic heterocycles. The second-order valence-electron chi connectivity index (χ2n) is 4.79. The van der Waals surface area contributed by atoms with E-state index in [9.17, 15) is 0 Å². The lowest BCUT2D eigenvalue weighted by Crippen LogP contribution is -2.23. The molecule has 2 aromatic heterocycles. The van der Waals surface area contributed by atoms with Crippen molar-refractivity contribution in [1.82, 2.24) is 15.3 Å². The van der Waals surface area contributed by atoms with Crippen LogP contribution in [0.4, 0.5) is 0 Å². The first-order valence-electron chi connectivity index (χ1n) is 6.97. The molecule has 0 saturated heterocycles. The van der Waals surface area contributed by atoms with Gasteiger partial charge in [0.15, 0.2) is 0 Å². The summed E-state index contributed by atoms with van der Waals surface area (Å²) in [4.78, 5) is 9.08. The average molecular weight is 362 g/mol. The number of hydrogen-bond donors (Lipinski definition) is 1. The van der Waals surface area contributed by atoms with Crippen LogP contribution in [0.3, 0.4) is 0 Å². The predicted octanol–water partition coefficient (Wildman–Crippen LogP) is 4.54. The first-order chi connectivity index (χ1) is 10.3. The van der Waals surface area contributed by atoms with Gasteiger partial charge in [-0.3, -0.25) is 4.98 Å². The molecular weight excluding hydrogens is 346 g/mol. The Balaban J connectivity index is 2.13. The fraction of sp³-hybridized carbons (Fsp3) is 0.250. The van der Waals surface area contributed by atoms with Crippen LogP contribution in [0.5, 0.6) is 0 Å². The predicted molar refractivity (Wildman–Crippen MR) is 91.7 cm³/mol. The number of thiazole rings is 1. The topological polar surface area (TPSA) is 37.8 Å². The maximum absolute atomic E-state index is 4.59. The van der Waals surface area contributed by atoms with Gasteiger partial charge in [-0.05, 0) is 25.1 Å². The van der Waals surface area contributed by atoms with Gasteiger partial charge in [-0.2, -0.15) is 0 Å². The van der Waals surface area contributed by atoms with Gasteiger partial charge in [0, 0.05) is 33.2 Å². The van der Waals surface area contributed by atoms with E-state index in [1.807, 2.05) is 23.8 Å². The second kappa shape index (κ2) is 6.64. The molecule has 1 unspecified atom stereocenters. The molecule has 0 amide bonds. The number of nitrogens with one attached hydrogen (secondary N) is 1. The van der Waals surface area contributed by atoms with Crippen LogP contribution in [-0.4, -0.2) is 16.5 Å². The maximum atomic E-state index is 4.59. The molecule has 1 N–H and O–H groups in total. The van der Waals surface area contributed by atoms with Crippen LogP contribution in [0, 0.1) is 0 Å². The number of hydrogen-bond acceptors (Lipinski definition) is 4. The van der Waals surface area contributed by atoms with Crippen LogP contribution in [0.1, 0.15) is 30.0 Å². The van der Waals surface area contributed by atoms with Gasteiger partial charge in [-0.15, -0.1) is 11.3 Å². The Labute approximate surface area is 136 Å². The third kappa shape index (κ3) is 3.00. The highest BCUT2D eigenvalue weighted by Gasteiger charge is 2.19. The molecule has 3 aromatic rings. The summed E-state index contributed by atoms with van der Waals surface area (Å²) in [5.41, 5.74) is 2.20. The summed E-state index contributed by atoms with van der Waals surface area (Å²) in [6.07, 6.45) is 4.79. The Kier molecular flexibility index (Phi) is 4.63. The van der Waals surface area contributed by atoms with E-state index < -0.39 is 0 Å². The molecule has 0 bridgehead atoms. The van der Waals surface area contributed by atoms with Gasteiger partial charge >= 0.3 is 0 Å². The van der Waals surface area contributed by atoms with Crippen LogP contribution >= 0.6 is 27.3 Å². The molecule has 21 heavy (non-hydrogen) atoms. The third-order valence-corrected chi connectivity index (χ3v) is 4.89. The minimum absolute atomic E-state index is 0.0930. The summed E-state index contributed by atoms with van der Waals surface area (Å²) in [7, 11) is 0. The largest absolute Gasteiger partial charge is 0.304 e. The van der Waals surface area contributed by atoms with Gasteiger partial charge in [0.25, 0.3) is 0 Å². The molecule has 5 heteroatoms. The molecule has 0 fully saturated rings. The fourth-order valence-electron chi connectivity index (χ4n) is 2.39. The lowest BCUT2D eigenvalue weighted by Gasteiger charge is -2.18. The van der Waals surface area contributed by atoms with E-state index in [1.54, 1.807) is 11.3 Å². The van der Waals surface area contributed by atoms with Crippen molar-refractivity contribution < 1.29 is 0 Å². The monoisotopic (exact) mass is 361 g/mol. The van der Waals surface area contributed by atoms with Gasteiger partial charge in [-0.25, -0.2) is 4.98 Å². The maximum Gasteiger partial charge on any atom is 0.114 e. The number of fused-ring (bicyclic) bond motifs is 1. The van der Waals surface area contributed by atoms with Crippen LogP contribution < -0.4 is 5.32 Å². The zero-order valence-corrected chi connectivity index (χ0v) is 14.1. The number of halogens is 1. The van der Waals surface area contributed by atoms with Crippen LogP contribution in [-0.2, 0) is 0 Å². The first-order valence-corrected chi connectivity index (χ1v) is 8.64. The van der Waals surface area contributed by atoms with Crippen molar-refractivity contribution in [3.8, 4) is 0 Å². The number of nitrogens with zero attached hydrogens (tertiary/aromatic N) is 2. The highest BCUT2D eigenvalue weighted by Crippen LogP contribution is 2.32. The molecule has 2 heterocycles. The molecule has 0 saturated carbocycles. The van der Waals surface area contributed by atoms with Crippen LogP contribution in [0.2, 0.25) is 0 Å². The van der Waals surface area contributed by atoms with E-state index in [0.29, 0.717) is 0 Å². The van der Waals surface area contributed by atoms with Gasteiger partial charge in [-0.1, -0.05) is 35.0 Å². The number of benzene rings is 1. The van der Waals surface area contributed by atoms with E-state index in [4.69, 9.17) is 0 Å². The first kappa shape index (κ1) is 14.6. The highest BCUT2D eigenvalue weighted by atomic mass is 79.9. The van der Waals surface area contributed by atoms with E-state index in [-0.39, 0.29) is 6.04 Å². The lowest BCUT2D eigenvalue weighted by molar-refractivity contribution is 0.598. The van der Waals surface area contributed by atoms with Gasteiger partial charge in [0.05, 0.1) is 11.6 Å². The molecule has 0 spiro atoms. The van der Waals surface area contributed by atoms with Crippen molar-refractivity contribution in [3.63, 3.8) is 0 Å². The van der Waals surface area contributed by atoms with E-state index in [1.165, 1.54) is 5.56 Å². The van der Waals surface area contributed by atoms with Gasteiger partial charge in [0.2, 0.25) is 0 Å². The van der Waals surface area contributed by atoms with E-state index in [0.717, 1.165) is 33.3 Å². The Bertz CT molecular complexity index is 727. The summed E-state index contributed by atoms with van der Waals surface area (Å²) < 4.78 is 1.07. The van der Waals surface area contributed by atoms with Crippen LogP contribution in [0.25, 0.3) is 10.9 Å². The van der Waals surface area contributed by atoms with Crippen molar-refractivity contribution in [2.75, 3.05) is 6.54 Å². The van der Waals surface area contributed by atoms with Crippen molar-refractivity contribution >= 4 is 38.2 Å². The standard InChI is InChI=1S/C16H16BrN3S/c1-2-7-18-15(16-20-9-10-21-16)12-5-6-13(17)11-4-3-8-19-14(11)12/h3-6,8-10,15,18H,2,7H2,1H3. The Morgan fingerprint density at radius 3 is 2.90 bits per heavy atom. The van der Waals surface area contributed by atoms with Crippen molar-refractivity contribution in [2.45, 2.75) is 19.4 Å². The minimum Gasteiger partial charge on any atom is -0.304 e. The average Bonchev–Trinajstić information content (AvgIpc) is 3.04. The van der Waals surface area contributed by atoms with Crippen molar-refractivity contribution in [1.29, 1.82) is 0 Å². The molecule has 0 radical (unpaired) electrons. The smallest absolute Gasteiger partial charge is 0.114 e. The summed E-state index contributed by atoms with van der Waals surface area (Å²) >= 11 is 5.28. The summed E-state index contributed by atoms with van der Waals surface area (Å²) in [5.74, 6) is 0. The Morgan fingerprint density at radius 1 is 1.24 bits per heavy atom. The molecule has 0 aliphatic carbocycles. The summed E-state index contributed by atoms with van der Waals surface area (Å²) in [5, 5.41) is 7.83. The molecule has 1 aromatic carbocycles. The number of aromatic nitrogens is 2. The van der Waals surface area contributed by atoms with Crippen molar-refractivity contribution in [3.05, 3.63) is 57.1 Å². The molecule has 1 atom stereocenters. The summed E-state index contributed by atoms with van der Waals surface area (Å²) in [6.45, 7) is 3.12.